The summed E-state index contributed by atoms with van der Waals surface area (Å²) < 4.78 is 8.97. The molecule has 1 aromatic heterocycles. The number of carbonyl (C=O) groups excluding carboxylic acids is 2. The molecule has 36 heavy (non-hydrogen) atoms. The van der Waals surface area contributed by atoms with Crippen LogP contribution < -0.4 is 15.8 Å². The maximum absolute atomic E-state index is 12.5. The molecule has 0 fully saturated rings. The molecule has 0 radical (unpaired) electrons. The molecule has 0 bridgehead atoms. The minimum Gasteiger partial charge on any atom is -0.486 e. The standard InChI is InChI=1S/C26H32BrN5O3S/c1-2-3-4-5-6-7-16-32-23(17-35-22-14-10-20(27)11-15-22)30-31-26(32)36-18-24(33)29-21-12-8-19(9-13-21)25(28)34/h8-15H,2-7,16-18H2,1H3,(H2,28,34)(H,29,33). The average molecular weight is 575 g/mol. The van der Waals surface area contributed by atoms with Crippen LogP contribution in [0.5, 0.6) is 5.75 Å². The lowest BCUT2D eigenvalue weighted by Crippen LogP contribution is -2.16. The Morgan fingerprint density at radius 2 is 1.69 bits per heavy atom. The van der Waals surface area contributed by atoms with Gasteiger partial charge in [-0.2, -0.15) is 0 Å². The Morgan fingerprint density at radius 3 is 2.39 bits per heavy atom. The molecule has 0 unspecified atom stereocenters. The summed E-state index contributed by atoms with van der Waals surface area (Å²) in [6.45, 7) is 3.28. The number of hydrogen-bond acceptors (Lipinski definition) is 6. The molecule has 3 aromatic rings. The maximum atomic E-state index is 12.5. The van der Waals surface area contributed by atoms with Gasteiger partial charge in [0.2, 0.25) is 11.8 Å². The third kappa shape index (κ3) is 8.98. The number of ether oxygens (including phenoxy) is 1. The van der Waals surface area contributed by atoms with Crippen molar-refractivity contribution in [2.24, 2.45) is 5.73 Å². The first-order chi connectivity index (χ1) is 17.5. The number of rotatable bonds is 15. The van der Waals surface area contributed by atoms with Gasteiger partial charge in [0.25, 0.3) is 0 Å². The quantitative estimate of drug-likeness (QED) is 0.175. The fraction of sp³-hybridized carbons (Fsp3) is 0.385. The monoisotopic (exact) mass is 573 g/mol. The lowest BCUT2D eigenvalue weighted by atomic mass is 10.1. The van der Waals surface area contributed by atoms with E-state index in [2.05, 4.69) is 42.9 Å². The van der Waals surface area contributed by atoms with Crippen LogP contribution in [0.2, 0.25) is 0 Å². The average Bonchev–Trinajstić information content (AvgIpc) is 3.26. The van der Waals surface area contributed by atoms with Crippen LogP contribution in [0, 0.1) is 0 Å². The smallest absolute Gasteiger partial charge is 0.248 e. The van der Waals surface area contributed by atoms with Gasteiger partial charge in [-0.1, -0.05) is 66.7 Å². The molecule has 3 rings (SSSR count). The van der Waals surface area contributed by atoms with Crippen molar-refractivity contribution in [1.82, 2.24) is 14.8 Å². The molecule has 0 saturated carbocycles. The first-order valence-corrected chi connectivity index (χ1v) is 13.9. The zero-order valence-corrected chi connectivity index (χ0v) is 22.8. The summed E-state index contributed by atoms with van der Waals surface area (Å²) in [6.07, 6.45) is 7.10. The van der Waals surface area contributed by atoms with Crippen molar-refractivity contribution in [1.29, 1.82) is 0 Å². The van der Waals surface area contributed by atoms with Gasteiger partial charge in [0, 0.05) is 22.3 Å². The number of halogens is 1. The highest BCUT2D eigenvalue weighted by Crippen LogP contribution is 2.22. The molecule has 2 aromatic carbocycles. The normalized spacial score (nSPS) is 10.8. The van der Waals surface area contributed by atoms with E-state index in [1.165, 1.54) is 37.4 Å². The van der Waals surface area contributed by atoms with E-state index in [0.29, 0.717) is 23.0 Å². The van der Waals surface area contributed by atoms with Crippen molar-refractivity contribution < 1.29 is 14.3 Å². The van der Waals surface area contributed by atoms with Gasteiger partial charge >= 0.3 is 0 Å². The van der Waals surface area contributed by atoms with Gasteiger partial charge in [-0.05, 0) is 55.0 Å². The molecule has 0 saturated heterocycles. The number of anilines is 1. The van der Waals surface area contributed by atoms with Crippen molar-refractivity contribution in [3.63, 3.8) is 0 Å². The van der Waals surface area contributed by atoms with E-state index in [1.807, 2.05) is 24.3 Å². The van der Waals surface area contributed by atoms with E-state index >= 15 is 0 Å². The molecule has 0 aliphatic carbocycles. The number of benzene rings is 2. The van der Waals surface area contributed by atoms with Crippen molar-refractivity contribution in [3.05, 3.63) is 64.4 Å². The van der Waals surface area contributed by atoms with E-state index in [-0.39, 0.29) is 11.7 Å². The van der Waals surface area contributed by atoms with Crippen LogP contribution >= 0.6 is 27.7 Å². The number of nitrogens with two attached hydrogens (primary N) is 1. The second-order valence-corrected chi connectivity index (χ2v) is 10.2. The van der Waals surface area contributed by atoms with Crippen LogP contribution in [0.25, 0.3) is 0 Å². The number of amides is 2. The molecular formula is C26H32BrN5O3S. The van der Waals surface area contributed by atoms with E-state index < -0.39 is 5.91 Å². The zero-order chi connectivity index (χ0) is 25.8. The van der Waals surface area contributed by atoms with Crippen LogP contribution in [-0.4, -0.2) is 32.3 Å². The third-order valence-electron chi connectivity index (χ3n) is 5.50. The molecule has 2 amide bonds. The minimum absolute atomic E-state index is 0.173. The van der Waals surface area contributed by atoms with E-state index in [0.717, 1.165) is 35.4 Å². The van der Waals surface area contributed by atoms with Gasteiger partial charge < -0.3 is 20.4 Å². The molecule has 0 aliphatic rings. The number of hydrogen-bond donors (Lipinski definition) is 2. The highest BCUT2D eigenvalue weighted by molar-refractivity contribution is 9.10. The lowest BCUT2D eigenvalue weighted by Gasteiger charge is -2.11. The van der Waals surface area contributed by atoms with Crippen LogP contribution in [0.3, 0.4) is 0 Å². The number of carbonyl (C=O) groups is 2. The molecule has 0 spiro atoms. The molecule has 10 heteroatoms. The Kier molecular flexibility index (Phi) is 11.3. The first-order valence-electron chi connectivity index (χ1n) is 12.1. The Balaban J connectivity index is 1.59. The maximum Gasteiger partial charge on any atom is 0.248 e. The predicted molar refractivity (Wildman–Crippen MR) is 146 cm³/mol. The second kappa shape index (κ2) is 14.6. The van der Waals surface area contributed by atoms with Gasteiger partial charge in [0.05, 0.1) is 5.75 Å². The number of nitrogens with zero attached hydrogens (tertiary/aromatic N) is 3. The van der Waals surface area contributed by atoms with Gasteiger partial charge in [-0.25, -0.2) is 0 Å². The molecule has 192 valence electrons. The van der Waals surface area contributed by atoms with Gasteiger partial charge in [0.1, 0.15) is 12.4 Å². The predicted octanol–water partition coefficient (Wildman–Crippen LogP) is 5.81. The third-order valence-corrected chi connectivity index (χ3v) is 6.99. The molecule has 0 aliphatic heterocycles. The molecule has 0 atom stereocenters. The fourth-order valence-electron chi connectivity index (χ4n) is 3.53. The number of aromatic nitrogens is 3. The van der Waals surface area contributed by atoms with E-state index in [4.69, 9.17) is 10.5 Å². The van der Waals surface area contributed by atoms with Gasteiger partial charge in [-0.3, -0.25) is 9.59 Å². The van der Waals surface area contributed by atoms with Crippen LogP contribution in [0.4, 0.5) is 5.69 Å². The summed E-state index contributed by atoms with van der Waals surface area (Å²) in [6, 6.07) is 14.1. The molecular weight excluding hydrogens is 542 g/mol. The van der Waals surface area contributed by atoms with E-state index in [1.54, 1.807) is 24.3 Å². The highest BCUT2D eigenvalue weighted by Gasteiger charge is 2.15. The van der Waals surface area contributed by atoms with Gasteiger partial charge in [0.15, 0.2) is 11.0 Å². The summed E-state index contributed by atoms with van der Waals surface area (Å²) in [5.41, 5.74) is 6.25. The Labute approximate surface area is 224 Å². The summed E-state index contributed by atoms with van der Waals surface area (Å²) in [7, 11) is 0. The van der Waals surface area contributed by atoms with Crippen molar-refractivity contribution in [2.45, 2.75) is 63.8 Å². The fourth-order valence-corrected chi connectivity index (χ4v) is 4.58. The van der Waals surface area contributed by atoms with Gasteiger partial charge in [-0.15, -0.1) is 10.2 Å². The number of unbranched alkanes of at least 4 members (excludes halogenated alkanes) is 5. The summed E-state index contributed by atoms with van der Waals surface area (Å²) >= 11 is 4.77. The van der Waals surface area contributed by atoms with Crippen molar-refractivity contribution >= 4 is 45.2 Å². The molecule has 1 heterocycles. The second-order valence-electron chi connectivity index (χ2n) is 8.34. The Hall–Kier alpha value is -2.85. The summed E-state index contributed by atoms with van der Waals surface area (Å²) in [5.74, 6) is 0.987. The number of primary amides is 1. The summed E-state index contributed by atoms with van der Waals surface area (Å²) in [5, 5.41) is 12.2. The Morgan fingerprint density at radius 1 is 1.00 bits per heavy atom. The molecule has 3 N–H and O–H groups in total. The number of thioether (sulfide) groups is 1. The zero-order valence-electron chi connectivity index (χ0n) is 20.4. The Bertz CT molecular complexity index is 1120. The van der Waals surface area contributed by atoms with E-state index in [9.17, 15) is 9.59 Å². The van der Waals surface area contributed by atoms with Crippen LogP contribution in [0.1, 0.15) is 61.6 Å². The van der Waals surface area contributed by atoms with Crippen molar-refractivity contribution in [2.75, 3.05) is 11.1 Å². The number of nitrogens with one attached hydrogen (secondary N) is 1. The topological polar surface area (TPSA) is 112 Å². The summed E-state index contributed by atoms with van der Waals surface area (Å²) in [4.78, 5) is 23.7. The van der Waals surface area contributed by atoms with Crippen molar-refractivity contribution in [3.8, 4) is 5.75 Å². The van der Waals surface area contributed by atoms with Crippen LogP contribution in [0.15, 0.2) is 58.2 Å². The SMILES string of the molecule is CCCCCCCCn1c(COc2ccc(Br)cc2)nnc1SCC(=O)Nc1ccc(C(N)=O)cc1. The molecule has 8 nitrogen and oxygen atoms in total. The highest BCUT2D eigenvalue weighted by atomic mass is 79.9. The lowest BCUT2D eigenvalue weighted by molar-refractivity contribution is -0.113. The van der Waals surface area contributed by atoms with Crippen LogP contribution in [-0.2, 0) is 17.9 Å². The minimum atomic E-state index is -0.506. The first kappa shape index (κ1) is 27.7. The largest absolute Gasteiger partial charge is 0.486 e.